The van der Waals surface area contributed by atoms with Gasteiger partial charge >= 0.3 is 0 Å². The summed E-state index contributed by atoms with van der Waals surface area (Å²) in [6.45, 7) is 0. The Bertz CT molecular complexity index is 1160. The van der Waals surface area contributed by atoms with Gasteiger partial charge in [0.15, 0.2) is 5.82 Å². The first-order valence-corrected chi connectivity index (χ1v) is 9.91. The molecule has 1 aliphatic rings. The quantitative estimate of drug-likeness (QED) is 0.469. The largest absolute Gasteiger partial charge is 0.457 e. The van der Waals surface area contributed by atoms with Crippen molar-refractivity contribution in [3.8, 4) is 22.8 Å². The van der Waals surface area contributed by atoms with Gasteiger partial charge < -0.3 is 15.8 Å². The first-order chi connectivity index (χ1) is 14.2. The van der Waals surface area contributed by atoms with Crippen LogP contribution in [0.15, 0.2) is 60.9 Å². The average molecular weight is 385 g/mol. The number of benzene rings is 2. The van der Waals surface area contributed by atoms with Crippen LogP contribution >= 0.6 is 0 Å². The molecular weight excluding hydrogens is 362 g/mol. The molecule has 29 heavy (non-hydrogen) atoms. The molecular formula is C23H23N5O. The lowest BCUT2D eigenvalue weighted by atomic mass is 9.85. The van der Waals surface area contributed by atoms with E-state index in [1.165, 1.54) is 19.3 Å². The Balaban J connectivity index is 1.53. The van der Waals surface area contributed by atoms with Gasteiger partial charge in [0.05, 0.1) is 0 Å². The first kappa shape index (κ1) is 17.6. The van der Waals surface area contributed by atoms with Crippen LogP contribution in [0.2, 0.25) is 0 Å². The number of anilines is 2. The maximum Gasteiger partial charge on any atom is 0.152 e. The van der Waals surface area contributed by atoms with Crippen LogP contribution < -0.4 is 15.8 Å². The van der Waals surface area contributed by atoms with Crippen LogP contribution in [0, 0.1) is 0 Å². The van der Waals surface area contributed by atoms with E-state index in [-0.39, 0.29) is 0 Å². The minimum atomic E-state index is 0.523. The fourth-order valence-electron chi connectivity index (χ4n) is 3.80. The van der Waals surface area contributed by atoms with E-state index >= 15 is 0 Å². The summed E-state index contributed by atoms with van der Waals surface area (Å²) in [7, 11) is 1.89. The first-order valence-electron chi connectivity index (χ1n) is 9.91. The van der Waals surface area contributed by atoms with E-state index < -0.39 is 0 Å². The summed E-state index contributed by atoms with van der Waals surface area (Å²) in [5, 5.41) is 3.21. The Morgan fingerprint density at radius 2 is 1.93 bits per heavy atom. The molecule has 0 bridgehead atoms. The number of nitrogens with two attached hydrogens (primary N) is 1. The van der Waals surface area contributed by atoms with E-state index in [9.17, 15) is 0 Å². The molecule has 0 unspecified atom stereocenters. The molecule has 1 saturated carbocycles. The number of nitrogen functional groups attached to an aromatic ring is 1. The highest BCUT2D eigenvalue weighted by atomic mass is 16.5. The fraction of sp³-hybridized carbons (Fsp3) is 0.217. The van der Waals surface area contributed by atoms with Gasteiger partial charge in [0.2, 0.25) is 0 Å². The lowest BCUT2D eigenvalue weighted by molar-refractivity contribution is 0.400. The summed E-state index contributed by atoms with van der Waals surface area (Å²) < 4.78 is 8.11. The molecule has 5 rings (SSSR count). The molecule has 1 aliphatic carbocycles. The van der Waals surface area contributed by atoms with Gasteiger partial charge in [0.1, 0.15) is 28.5 Å². The number of hydrogen-bond acceptors (Lipinski definition) is 5. The zero-order valence-corrected chi connectivity index (χ0v) is 16.3. The Morgan fingerprint density at radius 3 is 2.62 bits per heavy atom. The predicted molar refractivity (Wildman–Crippen MR) is 115 cm³/mol. The summed E-state index contributed by atoms with van der Waals surface area (Å²) in [6, 6.07) is 15.4. The molecule has 2 heterocycles. The number of hydrogen-bond donors (Lipinski definition) is 2. The van der Waals surface area contributed by atoms with Gasteiger partial charge in [-0.2, -0.15) is 0 Å². The van der Waals surface area contributed by atoms with Crippen molar-refractivity contribution >= 4 is 17.0 Å². The van der Waals surface area contributed by atoms with Crippen molar-refractivity contribution in [3.63, 3.8) is 0 Å². The van der Waals surface area contributed by atoms with Crippen molar-refractivity contribution in [1.29, 1.82) is 0 Å². The van der Waals surface area contributed by atoms with Crippen molar-refractivity contribution in [3.05, 3.63) is 66.7 Å². The highest BCUT2D eigenvalue weighted by Crippen LogP contribution is 2.39. The van der Waals surface area contributed by atoms with Gasteiger partial charge in [-0.1, -0.05) is 12.5 Å². The normalized spacial score (nSPS) is 14.0. The third-order valence-corrected chi connectivity index (χ3v) is 5.51. The molecule has 146 valence electrons. The van der Waals surface area contributed by atoms with Crippen molar-refractivity contribution < 1.29 is 4.74 Å². The molecule has 6 nitrogen and oxygen atoms in total. The van der Waals surface area contributed by atoms with E-state index in [1.807, 2.05) is 68.0 Å². The SMILES string of the molecule is CNc1nccn2c(C3CCC3)nc(-c3ccc(Oc4cccc(N)c4)cc3)c12. The molecule has 6 heteroatoms. The summed E-state index contributed by atoms with van der Waals surface area (Å²) in [4.78, 5) is 9.54. The number of fused-ring (bicyclic) bond motifs is 1. The molecule has 2 aromatic heterocycles. The summed E-state index contributed by atoms with van der Waals surface area (Å²) in [5.41, 5.74) is 9.51. The van der Waals surface area contributed by atoms with Crippen molar-refractivity contribution in [2.45, 2.75) is 25.2 Å². The van der Waals surface area contributed by atoms with E-state index in [1.54, 1.807) is 0 Å². The van der Waals surface area contributed by atoms with Crippen LogP contribution in [0.25, 0.3) is 16.8 Å². The average Bonchev–Trinajstić information content (AvgIpc) is 3.07. The van der Waals surface area contributed by atoms with Crippen LogP contribution in [-0.2, 0) is 0 Å². The summed E-state index contributed by atoms with van der Waals surface area (Å²) in [5.74, 6) is 3.96. The number of nitrogens with zero attached hydrogens (tertiary/aromatic N) is 3. The molecule has 3 N–H and O–H groups in total. The molecule has 0 amide bonds. The van der Waals surface area contributed by atoms with Crippen LogP contribution in [0.3, 0.4) is 0 Å². The van der Waals surface area contributed by atoms with E-state index in [0.29, 0.717) is 11.6 Å². The molecule has 0 radical (unpaired) electrons. The fourth-order valence-corrected chi connectivity index (χ4v) is 3.80. The molecule has 0 atom stereocenters. The van der Waals surface area contributed by atoms with Crippen molar-refractivity contribution in [2.75, 3.05) is 18.1 Å². The Morgan fingerprint density at radius 1 is 1.10 bits per heavy atom. The molecule has 1 fully saturated rings. The number of aromatic nitrogens is 3. The van der Waals surface area contributed by atoms with Crippen molar-refractivity contribution in [1.82, 2.24) is 14.4 Å². The number of rotatable bonds is 5. The Kier molecular flexibility index (Phi) is 4.31. The monoisotopic (exact) mass is 385 g/mol. The molecule has 0 saturated heterocycles. The highest BCUT2D eigenvalue weighted by molar-refractivity contribution is 5.86. The zero-order chi connectivity index (χ0) is 19.8. The van der Waals surface area contributed by atoms with Gasteiger partial charge in [-0.05, 0) is 49.2 Å². The number of ether oxygens (including phenoxy) is 1. The van der Waals surface area contributed by atoms with Crippen LogP contribution in [0.4, 0.5) is 11.5 Å². The van der Waals surface area contributed by atoms with Gasteiger partial charge in [-0.15, -0.1) is 0 Å². The smallest absolute Gasteiger partial charge is 0.152 e. The van der Waals surface area contributed by atoms with Crippen LogP contribution in [0.5, 0.6) is 11.5 Å². The minimum absolute atomic E-state index is 0.523. The van der Waals surface area contributed by atoms with Crippen LogP contribution in [-0.4, -0.2) is 21.4 Å². The molecule has 0 spiro atoms. The summed E-state index contributed by atoms with van der Waals surface area (Å²) in [6.07, 6.45) is 7.51. The summed E-state index contributed by atoms with van der Waals surface area (Å²) >= 11 is 0. The van der Waals surface area contributed by atoms with E-state index in [2.05, 4.69) is 14.7 Å². The van der Waals surface area contributed by atoms with E-state index in [4.69, 9.17) is 15.5 Å². The standard InChI is InChI=1S/C23H23N5O/c1-25-22-21-20(27-23(16-4-2-5-16)28(21)13-12-26-22)15-8-10-18(11-9-15)29-19-7-3-6-17(24)14-19/h3,6-14,16H,2,4-5,24H2,1H3,(H,25,26). The van der Waals surface area contributed by atoms with Crippen molar-refractivity contribution in [2.24, 2.45) is 0 Å². The Labute approximate surface area is 169 Å². The number of imidazole rings is 1. The lowest BCUT2D eigenvalue weighted by Crippen LogP contribution is -2.12. The zero-order valence-electron chi connectivity index (χ0n) is 16.3. The second-order valence-corrected chi connectivity index (χ2v) is 7.39. The highest BCUT2D eigenvalue weighted by Gasteiger charge is 2.27. The minimum Gasteiger partial charge on any atom is -0.457 e. The van der Waals surface area contributed by atoms with Gasteiger partial charge in [-0.3, -0.25) is 4.40 Å². The molecule has 2 aromatic carbocycles. The second-order valence-electron chi connectivity index (χ2n) is 7.39. The maximum atomic E-state index is 5.92. The van der Waals surface area contributed by atoms with E-state index in [0.717, 1.165) is 39.9 Å². The topological polar surface area (TPSA) is 77.5 Å². The molecule has 0 aliphatic heterocycles. The van der Waals surface area contributed by atoms with Gasteiger partial charge in [0.25, 0.3) is 0 Å². The third-order valence-electron chi connectivity index (χ3n) is 5.51. The van der Waals surface area contributed by atoms with Crippen LogP contribution in [0.1, 0.15) is 31.0 Å². The second kappa shape index (κ2) is 7.13. The van der Waals surface area contributed by atoms with Gasteiger partial charge in [-0.25, -0.2) is 9.97 Å². The number of nitrogens with one attached hydrogen (secondary N) is 1. The maximum absolute atomic E-state index is 5.92. The Hall–Kier alpha value is -3.54. The molecule has 4 aromatic rings. The van der Waals surface area contributed by atoms with Gasteiger partial charge in [0, 0.05) is 42.7 Å². The third kappa shape index (κ3) is 3.16. The lowest BCUT2D eigenvalue weighted by Gasteiger charge is -2.23. The predicted octanol–water partition coefficient (Wildman–Crippen LogP) is 5.08.